The number of aryl methyl sites for hydroxylation is 2. The number of rotatable bonds is 8. The van der Waals surface area contributed by atoms with Crippen LogP contribution in [0.4, 0.5) is 13.2 Å². The minimum atomic E-state index is -4.24. The van der Waals surface area contributed by atoms with E-state index in [0.717, 1.165) is 39.3 Å². The number of carbonyl (C=O) groups is 2. The topological polar surface area (TPSA) is 91.5 Å². The van der Waals surface area contributed by atoms with Crippen LogP contribution in [0.1, 0.15) is 52.9 Å². The van der Waals surface area contributed by atoms with Gasteiger partial charge in [-0.25, -0.2) is 4.99 Å². The standard InChI is InChI=1S/C33H39F3N6O3/c1-19-13-24(14-20(2)38-19)25-7-8-42-28(25)16-26(31(43)37-17-27-29(45-6)15-21(3)39-32(27)44)22(4)30(42)23(5)41-11-9-40(10-12-41)18-33(34,35)36/h7-8,13-16,23,27H,9-12,17-18H2,1-6H3,(H,37,43)/t23-,27?/m0/s1. The number of alkyl halides is 3. The van der Waals surface area contributed by atoms with E-state index in [1.807, 2.05) is 58.2 Å². The minimum absolute atomic E-state index is 0.0153. The number of aliphatic imine (C=N–C) groups is 1. The molecule has 0 aromatic carbocycles. The Hall–Kier alpha value is -4.03. The maximum Gasteiger partial charge on any atom is 0.401 e. The van der Waals surface area contributed by atoms with Crippen molar-refractivity contribution in [2.45, 2.75) is 46.8 Å². The Morgan fingerprint density at radius 3 is 2.38 bits per heavy atom. The fourth-order valence-corrected chi connectivity index (χ4v) is 6.48. The average Bonchev–Trinajstić information content (AvgIpc) is 3.38. The molecule has 1 unspecified atom stereocenters. The van der Waals surface area contributed by atoms with Gasteiger partial charge in [-0.15, -0.1) is 0 Å². The number of allylic oxidation sites excluding steroid dienone is 1. The van der Waals surface area contributed by atoms with Gasteiger partial charge in [-0.05, 0) is 76.1 Å². The number of aromatic nitrogens is 2. The van der Waals surface area contributed by atoms with Crippen LogP contribution in [0.3, 0.4) is 0 Å². The number of piperazine rings is 1. The van der Waals surface area contributed by atoms with Crippen LogP contribution in [0, 0.1) is 26.7 Å². The van der Waals surface area contributed by atoms with E-state index in [1.165, 1.54) is 12.0 Å². The number of amides is 2. The van der Waals surface area contributed by atoms with Gasteiger partial charge in [-0.2, -0.15) is 13.2 Å². The number of pyridine rings is 2. The first kappa shape index (κ1) is 32.4. The van der Waals surface area contributed by atoms with Gasteiger partial charge in [-0.1, -0.05) is 0 Å². The molecule has 0 bridgehead atoms. The Morgan fingerprint density at radius 2 is 1.76 bits per heavy atom. The van der Waals surface area contributed by atoms with Crippen LogP contribution in [0.2, 0.25) is 0 Å². The summed E-state index contributed by atoms with van der Waals surface area (Å²) in [5, 5.41) is 2.93. The Morgan fingerprint density at radius 1 is 1.09 bits per heavy atom. The lowest BCUT2D eigenvalue weighted by molar-refractivity contribution is -0.149. The molecule has 45 heavy (non-hydrogen) atoms. The molecule has 2 aliphatic rings. The second kappa shape index (κ2) is 12.8. The average molecular weight is 625 g/mol. The van der Waals surface area contributed by atoms with Crippen molar-refractivity contribution >= 4 is 23.0 Å². The minimum Gasteiger partial charge on any atom is -0.500 e. The van der Waals surface area contributed by atoms with Crippen molar-refractivity contribution < 1.29 is 27.5 Å². The Kier molecular flexibility index (Phi) is 9.18. The van der Waals surface area contributed by atoms with Gasteiger partial charge in [0.05, 0.1) is 19.2 Å². The predicted octanol–water partition coefficient (Wildman–Crippen LogP) is 5.04. The van der Waals surface area contributed by atoms with Crippen molar-refractivity contribution in [3.63, 3.8) is 0 Å². The first-order chi connectivity index (χ1) is 21.3. The molecule has 9 nitrogen and oxygen atoms in total. The molecule has 5 rings (SSSR count). The third-order valence-corrected chi connectivity index (χ3v) is 8.63. The largest absolute Gasteiger partial charge is 0.500 e. The smallest absolute Gasteiger partial charge is 0.401 e. The molecule has 2 atom stereocenters. The highest BCUT2D eigenvalue weighted by Crippen LogP contribution is 2.34. The highest BCUT2D eigenvalue weighted by molar-refractivity contribution is 6.06. The SMILES string of the molecule is COC1=CC(C)=NC(=O)C1CNC(=O)c1cc2c(-c3cc(C)nc(C)c3)ccn2c([C@H](C)N2CCN(CC(F)(F)F)CC2)c1C. The van der Waals surface area contributed by atoms with E-state index in [1.54, 1.807) is 13.0 Å². The molecule has 2 aliphatic heterocycles. The summed E-state index contributed by atoms with van der Waals surface area (Å²) in [5.41, 5.74) is 7.08. The number of ether oxygens (including phenoxy) is 1. The van der Waals surface area contributed by atoms with Gasteiger partial charge in [0, 0.05) is 78.9 Å². The number of methoxy groups -OCH3 is 1. The van der Waals surface area contributed by atoms with E-state index in [9.17, 15) is 22.8 Å². The van der Waals surface area contributed by atoms with Crippen LogP contribution in [0.15, 0.2) is 47.3 Å². The number of nitrogens with one attached hydrogen (secondary N) is 1. The summed E-state index contributed by atoms with van der Waals surface area (Å²) in [7, 11) is 1.48. The fourth-order valence-electron chi connectivity index (χ4n) is 6.48. The maximum absolute atomic E-state index is 13.9. The maximum atomic E-state index is 13.9. The summed E-state index contributed by atoms with van der Waals surface area (Å²) in [4.78, 5) is 38.6. The summed E-state index contributed by atoms with van der Waals surface area (Å²) in [6.45, 7) is 10.1. The summed E-state index contributed by atoms with van der Waals surface area (Å²) in [5.74, 6) is -1.02. The molecule has 5 heterocycles. The molecule has 3 aromatic heterocycles. The van der Waals surface area contributed by atoms with Gasteiger partial charge in [0.1, 0.15) is 11.7 Å². The zero-order chi connectivity index (χ0) is 32.6. The van der Waals surface area contributed by atoms with Crippen molar-refractivity contribution in [3.05, 3.63) is 70.5 Å². The fraction of sp³-hybridized carbons (Fsp3) is 0.455. The first-order valence-electron chi connectivity index (χ1n) is 15.0. The number of dihydropyridines is 1. The number of fused-ring (bicyclic) bond motifs is 1. The van der Waals surface area contributed by atoms with Crippen LogP contribution in [-0.2, 0) is 9.53 Å². The van der Waals surface area contributed by atoms with Crippen LogP contribution >= 0.6 is 0 Å². The molecule has 0 spiro atoms. The lowest BCUT2D eigenvalue weighted by atomic mass is 9.98. The number of carbonyl (C=O) groups excluding carboxylic acids is 2. The highest BCUT2D eigenvalue weighted by atomic mass is 19.4. The molecule has 0 aliphatic carbocycles. The number of nitrogens with zero attached hydrogens (tertiary/aromatic N) is 5. The van der Waals surface area contributed by atoms with Gasteiger partial charge in [-0.3, -0.25) is 24.4 Å². The van der Waals surface area contributed by atoms with Gasteiger partial charge < -0.3 is 14.5 Å². The van der Waals surface area contributed by atoms with Gasteiger partial charge in [0.2, 0.25) is 0 Å². The monoisotopic (exact) mass is 624 g/mol. The summed E-state index contributed by atoms with van der Waals surface area (Å²) >= 11 is 0. The van der Waals surface area contributed by atoms with Gasteiger partial charge in [0.25, 0.3) is 11.8 Å². The van der Waals surface area contributed by atoms with Crippen LogP contribution < -0.4 is 5.32 Å². The second-order valence-electron chi connectivity index (χ2n) is 11.9. The van der Waals surface area contributed by atoms with Crippen LogP contribution in [0.25, 0.3) is 16.6 Å². The predicted molar refractivity (Wildman–Crippen MR) is 166 cm³/mol. The van der Waals surface area contributed by atoms with E-state index in [0.29, 0.717) is 43.2 Å². The second-order valence-corrected chi connectivity index (χ2v) is 11.9. The van der Waals surface area contributed by atoms with Crippen molar-refractivity contribution in [2.75, 3.05) is 46.4 Å². The molecule has 3 aromatic rings. The zero-order valence-electron chi connectivity index (χ0n) is 26.5. The van der Waals surface area contributed by atoms with Gasteiger partial charge in [0.15, 0.2) is 0 Å². The Balaban J connectivity index is 1.52. The quantitative estimate of drug-likeness (QED) is 0.378. The first-order valence-corrected chi connectivity index (χ1v) is 15.0. The summed E-state index contributed by atoms with van der Waals surface area (Å²) in [6, 6.07) is 7.68. The number of hydrogen-bond acceptors (Lipinski definition) is 6. The number of halogens is 3. The molecular weight excluding hydrogens is 585 g/mol. The van der Waals surface area contributed by atoms with Crippen molar-refractivity contribution in [3.8, 4) is 11.1 Å². The third kappa shape index (κ3) is 6.96. The van der Waals surface area contributed by atoms with Crippen molar-refractivity contribution in [1.29, 1.82) is 0 Å². The molecule has 2 amide bonds. The lowest BCUT2D eigenvalue weighted by Gasteiger charge is -2.39. The molecule has 0 radical (unpaired) electrons. The highest BCUT2D eigenvalue weighted by Gasteiger charge is 2.34. The van der Waals surface area contributed by atoms with Crippen LogP contribution in [-0.4, -0.2) is 89.3 Å². The Bertz CT molecular complexity index is 1660. The van der Waals surface area contributed by atoms with E-state index in [4.69, 9.17) is 4.74 Å². The summed E-state index contributed by atoms with van der Waals surface area (Å²) in [6.07, 6.45) is -0.571. The molecule has 1 fully saturated rings. The normalized spacial score (nSPS) is 19.0. The van der Waals surface area contributed by atoms with E-state index >= 15 is 0 Å². The van der Waals surface area contributed by atoms with Gasteiger partial charge >= 0.3 is 6.18 Å². The van der Waals surface area contributed by atoms with E-state index in [2.05, 4.69) is 24.6 Å². The van der Waals surface area contributed by atoms with Crippen LogP contribution in [0.5, 0.6) is 0 Å². The van der Waals surface area contributed by atoms with E-state index < -0.39 is 18.6 Å². The van der Waals surface area contributed by atoms with E-state index in [-0.39, 0.29) is 24.4 Å². The lowest BCUT2D eigenvalue weighted by Crippen LogP contribution is -2.50. The molecule has 240 valence electrons. The molecule has 12 heteroatoms. The zero-order valence-corrected chi connectivity index (χ0v) is 26.5. The third-order valence-electron chi connectivity index (χ3n) is 8.63. The summed E-state index contributed by atoms with van der Waals surface area (Å²) < 4.78 is 46.6. The molecule has 1 N–H and O–H groups in total. The molecule has 0 saturated carbocycles. The van der Waals surface area contributed by atoms with Crippen molar-refractivity contribution in [2.24, 2.45) is 10.9 Å². The molecular formula is C33H39F3N6O3. The van der Waals surface area contributed by atoms with Crippen molar-refractivity contribution in [1.82, 2.24) is 24.5 Å². The number of hydrogen-bond donors (Lipinski definition) is 1. The molecule has 1 saturated heterocycles. The Labute approximate surface area is 260 Å².